The van der Waals surface area contributed by atoms with Crippen LogP contribution >= 0.6 is 23.4 Å². The number of hydrogen-bond donors (Lipinski definition) is 1. The number of amides is 1. The van der Waals surface area contributed by atoms with Crippen LogP contribution in [0.1, 0.15) is 18.5 Å². The second kappa shape index (κ2) is 8.43. The molecule has 0 spiro atoms. The first kappa shape index (κ1) is 18.5. The molecule has 0 saturated carbocycles. The Kier molecular flexibility index (Phi) is 6.01. The van der Waals surface area contributed by atoms with Crippen LogP contribution in [0.4, 0.5) is 0 Å². The zero-order valence-corrected chi connectivity index (χ0v) is 16.1. The summed E-state index contributed by atoms with van der Waals surface area (Å²) >= 11 is 7.44. The Bertz CT molecular complexity index is 938. The molecule has 2 aromatic carbocycles. The number of hydrogen-bond acceptors (Lipinski definition) is 3. The summed E-state index contributed by atoms with van der Waals surface area (Å²) in [5.41, 5.74) is 2.95. The lowest BCUT2D eigenvalue weighted by Gasteiger charge is -2.14. The summed E-state index contributed by atoms with van der Waals surface area (Å²) in [6.45, 7) is 6.41. The van der Waals surface area contributed by atoms with Gasteiger partial charge in [0.2, 0.25) is 5.91 Å². The summed E-state index contributed by atoms with van der Waals surface area (Å²) in [6, 6.07) is 15.4. The molecule has 0 bridgehead atoms. The van der Waals surface area contributed by atoms with Gasteiger partial charge in [-0.05, 0) is 36.8 Å². The molecule has 4 nitrogen and oxygen atoms in total. The van der Waals surface area contributed by atoms with E-state index in [1.54, 1.807) is 0 Å². The average molecular weight is 386 g/mol. The molecule has 1 heterocycles. The molecule has 1 atom stereocenters. The van der Waals surface area contributed by atoms with E-state index in [1.807, 2.05) is 61.5 Å². The smallest absolute Gasteiger partial charge is 0.230 e. The number of nitrogens with zero attached hydrogens (tertiary/aromatic N) is 2. The van der Waals surface area contributed by atoms with Crippen molar-refractivity contribution in [2.45, 2.75) is 24.7 Å². The van der Waals surface area contributed by atoms with E-state index in [9.17, 15) is 4.79 Å². The van der Waals surface area contributed by atoms with Crippen LogP contribution in [0.25, 0.3) is 11.0 Å². The molecule has 0 saturated heterocycles. The molecule has 0 aliphatic rings. The molecule has 3 aromatic rings. The summed E-state index contributed by atoms with van der Waals surface area (Å²) in [6.07, 6.45) is 1.83. The minimum absolute atomic E-state index is 0.0420. The van der Waals surface area contributed by atoms with Crippen LogP contribution in [0.3, 0.4) is 0 Å². The molecule has 0 aliphatic heterocycles. The number of thioether (sulfide) groups is 1. The number of imidazole rings is 1. The Balaban J connectivity index is 1.67. The number of rotatable bonds is 7. The highest BCUT2D eigenvalue weighted by Gasteiger charge is 2.14. The van der Waals surface area contributed by atoms with Gasteiger partial charge in [-0.15, -0.1) is 6.58 Å². The monoisotopic (exact) mass is 385 g/mol. The molecule has 26 heavy (non-hydrogen) atoms. The Hall–Kier alpha value is -2.24. The number of benzene rings is 2. The van der Waals surface area contributed by atoms with Gasteiger partial charge in [0.25, 0.3) is 0 Å². The summed E-state index contributed by atoms with van der Waals surface area (Å²) in [7, 11) is 0. The van der Waals surface area contributed by atoms with E-state index < -0.39 is 0 Å². The van der Waals surface area contributed by atoms with Crippen molar-refractivity contribution in [3.8, 4) is 0 Å². The number of halogens is 1. The summed E-state index contributed by atoms with van der Waals surface area (Å²) in [4.78, 5) is 17.0. The Morgan fingerprint density at radius 1 is 1.35 bits per heavy atom. The van der Waals surface area contributed by atoms with Gasteiger partial charge >= 0.3 is 0 Å². The van der Waals surface area contributed by atoms with Crippen LogP contribution in [-0.4, -0.2) is 21.2 Å². The number of allylic oxidation sites excluding steroid dienone is 1. The molecule has 1 amide bonds. The van der Waals surface area contributed by atoms with Crippen LogP contribution in [0.15, 0.2) is 66.3 Å². The summed E-state index contributed by atoms with van der Waals surface area (Å²) in [5.74, 6) is 0.255. The summed E-state index contributed by atoms with van der Waals surface area (Å²) in [5, 5.41) is 4.48. The molecule has 1 aromatic heterocycles. The van der Waals surface area contributed by atoms with Gasteiger partial charge in [0.1, 0.15) is 0 Å². The van der Waals surface area contributed by atoms with E-state index in [2.05, 4.69) is 21.4 Å². The predicted molar refractivity (Wildman–Crippen MR) is 109 cm³/mol. The van der Waals surface area contributed by atoms with Crippen molar-refractivity contribution < 1.29 is 4.79 Å². The van der Waals surface area contributed by atoms with Gasteiger partial charge in [0.15, 0.2) is 5.16 Å². The fourth-order valence-corrected chi connectivity index (χ4v) is 3.78. The van der Waals surface area contributed by atoms with Crippen molar-refractivity contribution >= 4 is 40.3 Å². The van der Waals surface area contributed by atoms with E-state index >= 15 is 0 Å². The topological polar surface area (TPSA) is 46.9 Å². The Labute approximate surface area is 162 Å². The van der Waals surface area contributed by atoms with Crippen molar-refractivity contribution in [2.75, 3.05) is 5.75 Å². The highest BCUT2D eigenvalue weighted by Crippen LogP contribution is 2.24. The molecule has 1 N–H and O–H groups in total. The maximum atomic E-state index is 12.3. The largest absolute Gasteiger partial charge is 0.349 e. The van der Waals surface area contributed by atoms with Gasteiger partial charge < -0.3 is 9.88 Å². The lowest BCUT2D eigenvalue weighted by molar-refractivity contribution is -0.119. The van der Waals surface area contributed by atoms with Crippen molar-refractivity contribution in [3.05, 3.63) is 71.8 Å². The zero-order valence-electron chi connectivity index (χ0n) is 14.5. The third-order valence-corrected chi connectivity index (χ3v) is 5.20. The minimum Gasteiger partial charge on any atom is -0.349 e. The van der Waals surface area contributed by atoms with E-state index in [0.29, 0.717) is 17.3 Å². The third-order valence-electron chi connectivity index (χ3n) is 3.99. The Morgan fingerprint density at radius 3 is 2.92 bits per heavy atom. The van der Waals surface area contributed by atoms with Crippen LogP contribution < -0.4 is 5.32 Å². The number of fused-ring (bicyclic) bond motifs is 1. The highest BCUT2D eigenvalue weighted by molar-refractivity contribution is 7.99. The number of nitrogens with one attached hydrogen (secondary N) is 1. The number of carbonyl (C=O) groups is 1. The SMILES string of the molecule is C=CCn1c(SCC(=O)N[C@H](C)c2cccc(Cl)c2)nc2ccccc21. The maximum Gasteiger partial charge on any atom is 0.230 e. The van der Waals surface area contributed by atoms with Gasteiger partial charge in [-0.25, -0.2) is 4.98 Å². The van der Waals surface area contributed by atoms with Gasteiger partial charge in [0.05, 0.1) is 22.8 Å². The first-order chi connectivity index (χ1) is 12.6. The molecular weight excluding hydrogens is 366 g/mol. The van der Waals surface area contributed by atoms with Crippen LogP contribution in [0.2, 0.25) is 5.02 Å². The molecule has 0 fully saturated rings. The average Bonchev–Trinajstić information content (AvgIpc) is 2.98. The predicted octanol–water partition coefficient (Wildman–Crippen LogP) is 4.85. The van der Waals surface area contributed by atoms with E-state index in [4.69, 9.17) is 11.6 Å². The lowest BCUT2D eigenvalue weighted by atomic mass is 10.1. The normalized spacial score (nSPS) is 12.1. The Morgan fingerprint density at radius 2 is 2.15 bits per heavy atom. The van der Waals surface area contributed by atoms with Gasteiger partial charge in [-0.3, -0.25) is 4.79 Å². The minimum atomic E-state index is -0.103. The number of para-hydroxylation sites is 2. The number of carbonyl (C=O) groups excluding carboxylic acids is 1. The third kappa shape index (κ3) is 4.29. The molecule has 3 rings (SSSR count). The maximum absolute atomic E-state index is 12.3. The van der Waals surface area contributed by atoms with Crippen molar-refractivity contribution in [1.29, 1.82) is 0 Å². The molecule has 0 aliphatic carbocycles. The standard InChI is InChI=1S/C20H20ClN3OS/c1-3-11-24-18-10-5-4-9-17(18)23-20(24)26-13-19(25)22-14(2)15-7-6-8-16(21)12-15/h3-10,12,14H,1,11,13H2,2H3,(H,22,25)/t14-/m1/s1. The van der Waals surface area contributed by atoms with Crippen molar-refractivity contribution in [2.24, 2.45) is 0 Å². The van der Waals surface area contributed by atoms with Gasteiger partial charge in [0, 0.05) is 11.6 Å². The van der Waals surface area contributed by atoms with Gasteiger partial charge in [-0.2, -0.15) is 0 Å². The van der Waals surface area contributed by atoms with Crippen LogP contribution in [0.5, 0.6) is 0 Å². The van der Waals surface area contributed by atoms with Crippen molar-refractivity contribution in [1.82, 2.24) is 14.9 Å². The molecule has 134 valence electrons. The van der Waals surface area contributed by atoms with Gasteiger partial charge in [-0.1, -0.05) is 53.7 Å². The quantitative estimate of drug-likeness (QED) is 0.467. The molecule has 0 radical (unpaired) electrons. The fraction of sp³-hybridized carbons (Fsp3) is 0.200. The second-order valence-corrected chi connectivity index (χ2v) is 7.29. The van der Waals surface area contributed by atoms with Crippen LogP contribution in [-0.2, 0) is 11.3 Å². The number of aromatic nitrogens is 2. The summed E-state index contributed by atoms with van der Waals surface area (Å²) < 4.78 is 2.07. The highest BCUT2D eigenvalue weighted by atomic mass is 35.5. The molecular formula is C20H20ClN3OS. The fourth-order valence-electron chi connectivity index (χ4n) is 2.74. The first-order valence-corrected chi connectivity index (χ1v) is 9.68. The first-order valence-electron chi connectivity index (χ1n) is 8.32. The van der Waals surface area contributed by atoms with Crippen LogP contribution in [0, 0.1) is 0 Å². The van der Waals surface area contributed by atoms with E-state index in [0.717, 1.165) is 21.8 Å². The lowest BCUT2D eigenvalue weighted by Crippen LogP contribution is -2.28. The molecule has 0 unspecified atom stereocenters. The molecule has 6 heteroatoms. The zero-order chi connectivity index (χ0) is 18.5. The van der Waals surface area contributed by atoms with E-state index in [1.165, 1.54) is 11.8 Å². The van der Waals surface area contributed by atoms with Crippen molar-refractivity contribution in [3.63, 3.8) is 0 Å². The van der Waals surface area contributed by atoms with E-state index in [-0.39, 0.29) is 11.9 Å². The second-order valence-electron chi connectivity index (χ2n) is 5.92.